The number of carbonyl (C=O) groups is 2. The van der Waals surface area contributed by atoms with Crippen LogP contribution in [0.4, 0.5) is 0 Å². The molecule has 1 unspecified atom stereocenters. The van der Waals surface area contributed by atoms with Crippen molar-refractivity contribution in [1.82, 2.24) is 20.4 Å². The van der Waals surface area contributed by atoms with Crippen LogP contribution in [0, 0.1) is 16.7 Å². The van der Waals surface area contributed by atoms with Crippen molar-refractivity contribution >= 4 is 22.7 Å². The van der Waals surface area contributed by atoms with Crippen LogP contribution in [0.1, 0.15) is 55.2 Å². The number of aromatic nitrogens is 2. The molecule has 0 radical (unpaired) electrons. The molecular formula is C26H29N5O3. The molecule has 34 heavy (non-hydrogen) atoms. The van der Waals surface area contributed by atoms with E-state index in [-0.39, 0.29) is 17.6 Å². The van der Waals surface area contributed by atoms with Gasteiger partial charge in [0.05, 0.1) is 30.8 Å². The fraction of sp³-hybridized carbons (Fsp3) is 0.385. The smallest absolute Gasteiger partial charge is 0.273 e. The number of methoxy groups -OCH3 is 1. The molecule has 0 spiro atoms. The number of nitrogens with zero attached hydrogens (tertiary/aromatic N) is 3. The molecule has 2 amide bonds. The summed E-state index contributed by atoms with van der Waals surface area (Å²) in [7, 11) is 1.55. The molecule has 2 N–H and O–H groups in total. The first-order valence-corrected chi connectivity index (χ1v) is 11.3. The first-order chi connectivity index (χ1) is 16.2. The van der Waals surface area contributed by atoms with Gasteiger partial charge in [-0.3, -0.25) is 14.3 Å². The second-order valence-corrected chi connectivity index (χ2v) is 9.72. The zero-order chi connectivity index (χ0) is 24.5. The third kappa shape index (κ3) is 4.88. The summed E-state index contributed by atoms with van der Waals surface area (Å²) in [6, 6.07) is 14.3. The number of nitrogens with one attached hydrogen (secondary N) is 2. The Hall–Kier alpha value is -3.86. The first kappa shape index (κ1) is 23.3. The summed E-state index contributed by atoms with van der Waals surface area (Å²) >= 11 is 0. The van der Waals surface area contributed by atoms with Gasteiger partial charge in [-0.25, -0.2) is 0 Å². The van der Waals surface area contributed by atoms with E-state index in [0.29, 0.717) is 23.2 Å². The van der Waals surface area contributed by atoms with E-state index in [0.717, 1.165) is 23.9 Å². The molecule has 1 aromatic heterocycles. The summed E-state index contributed by atoms with van der Waals surface area (Å²) in [6.07, 6.45) is 1.95. The van der Waals surface area contributed by atoms with Gasteiger partial charge in [-0.2, -0.15) is 10.4 Å². The molecule has 8 heteroatoms. The molecule has 1 aliphatic carbocycles. The van der Waals surface area contributed by atoms with Crippen LogP contribution in [-0.2, 0) is 11.3 Å². The van der Waals surface area contributed by atoms with Crippen LogP contribution < -0.4 is 15.4 Å². The van der Waals surface area contributed by atoms with Crippen molar-refractivity contribution in [2.75, 3.05) is 7.11 Å². The van der Waals surface area contributed by atoms with Crippen molar-refractivity contribution in [2.45, 2.75) is 52.2 Å². The fourth-order valence-corrected chi connectivity index (χ4v) is 3.91. The van der Waals surface area contributed by atoms with Crippen LogP contribution in [-0.4, -0.2) is 40.8 Å². The largest absolute Gasteiger partial charge is 0.496 e. The molecule has 0 bridgehead atoms. The monoisotopic (exact) mass is 459 g/mol. The van der Waals surface area contributed by atoms with Crippen LogP contribution in [0.3, 0.4) is 0 Å². The predicted octanol–water partition coefficient (Wildman–Crippen LogP) is 3.39. The van der Waals surface area contributed by atoms with Crippen LogP contribution in [0.2, 0.25) is 0 Å². The summed E-state index contributed by atoms with van der Waals surface area (Å²) in [4.78, 5) is 26.2. The zero-order valence-electron chi connectivity index (χ0n) is 19.9. The maximum absolute atomic E-state index is 13.4. The molecule has 8 nitrogen and oxygen atoms in total. The molecule has 4 rings (SSSR count). The van der Waals surface area contributed by atoms with Crippen molar-refractivity contribution in [2.24, 2.45) is 5.41 Å². The van der Waals surface area contributed by atoms with Crippen LogP contribution in [0.25, 0.3) is 10.9 Å². The Bertz CT molecular complexity index is 1280. The van der Waals surface area contributed by atoms with Crippen LogP contribution in [0.5, 0.6) is 5.75 Å². The summed E-state index contributed by atoms with van der Waals surface area (Å²) in [6.45, 7) is 6.14. The number of ether oxygens (including phenoxy) is 1. The number of fused-ring (bicyclic) bond motifs is 1. The van der Waals surface area contributed by atoms with Gasteiger partial charge in [-0.15, -0.1) is 0 Å². The van der Waals surface area contributed by atoms with Gasteiger partial charge in [0.25, 0.3) is 5.91 Å². The number of hydrogen-bond donors (Lipinski definition) is 2. The molecule has 2 aromatic carbocycles. The second-order valence-electron chi connectivity index (χ2n) is 9.72. The zero-order valence-corrected chi connectivity index (χ0v) is 19.9. The van der Waals surface area contributed by atoms with Crippen molar-refractivity contribution < 1.29 is 14.3 Å². The summed E-state index contributed by atoms with van der Waals surface area (Å²) in [5, 5.41) is 20.4. The maximum atomic E-state index is 13.4. The average molecular weight is 460 g/mol. The van der Waals surface area contributed by atoms with Gasteiger partial charge < -0.3 is 15.4 Å². The van der Waals surface area contributed by atoms with E-state index >= 15 is 0 Å². The van der Waals surface area contributed by atoms with Crippen LogP contribution in [0.15, 0.2) is 42.5 Å². The summed E-state index contributed by atoms with van der Waals surface area (Å²) in [5.74, 6) is 0.0104. The number of benzene rings is 2. The molecule has 1 fully saturated rings. The lowest BCUT2D eigenvalue weighted by Crippen LogP contribution is -2.54. The molecule has 176 valence electrons. The Morgan fingerprint density at radius 1 is 1.24 bits per heavy atom. The number of para-hydroxylation sites is 1. The van der Waals surface area contributed by atoms with E-state index in [1.54, 1.807) is 23.9 Å². The molecular weight excluding hydrogens is 430 g/mol. The van der Waals surface area contributed by atoms with E-state index in [9.17, 15) is 9.59 Å². The third-order valence-electron chi connectivity index (χ3n) is 5.94. The molecule has 1 heterocycles. The van der Waals surface area contributed by atoms with E-state index < -0.39 is 17.4 Å². The van der Waals surface area contributed by atoms with Crippen molar-refractivity contribution in [1.29, 1.82) is 5.26 Å². The fourth-order valence-electron chi connectivity index (χ4n) is 3.91. The predicted molar refractivity (Wildman–Crippen MR) is 128 cm³/mol. The number of amides is 2. The Balaban J connectivity index is 1.65. The van der Waals surface area contributed by atoms with E-state index in [1.165, 1.54) is 0 Å². The summed E-state index contributed by atoms with van der Waals surface area (Å²) in [5.41, 5.74) is 1.91. The van der Waals surface area contributed by atoms with E-state index in [1.807, 2.05) is 51.1 Å². The highest BCUT2D eigenvalue weighted by atomic mass is 16.5. The number of hydrogen-bond acceptors (Lipinski definition) is 5. The quantitative estimate of drug-likeness (QED) is 0.563. The number of nitriles is 1. The SMILES string of the molecule is COc1cc(C#N)ccc1Cn1nc(C(=O)NC(C(=O)NC2CC2)C(C)(C)C)c2ccccc21. The Morgan fingerprint density at radius 2 is 1.97 bits per heavy atom. The minimum absolute atomic E-state index is 0.172. The first-order valence-electron chi connectivity index (χ1n) is 11.3. The molecule has 3 aromatic rings. The molecule has 1 aliphatic rings. The molecule has 0 aliphatic heterocycles. The highest BCUT2D eigenvalue weighted by Gasteiger charge is 2.36. The van der Waals surface area contributed by atoms with E-state index in [2.05, 4.69) is 21.8 Å². The highest BCUT2D eigenvalue weighted by molar-refractivity contribution is 6.06. The number of rotatable bonds is 7. The summed E-state index contributed by atoms with van der Waals surface area (Å²) < 4.78 is 7.20. The number of carbonyl (C=O) groups excluding carboxylic acids is 2. The topological polar surface area (TPSA) is 109 Å². The standard InChI is InChI=1S/C26H29N5O3/c1-26(2,3)23(25(33)28-18-11-12-18)29-24(32)22-19-7-5-6-8-20(19)31(30-22)15-17-10-9-16(14-27)13-21(17)34-4/h5-10,13,18,23H,11-12,15H2,1-4H3,(H,28,33)(H,29,32). The van der Waals surface area contributed by atoms with E-state index in [4.69, 9.17) is 10.00 Å². The Kier molecular flexibility index (Phi) is 6.29. The normalized spacial score (nSPS) is 14.3. The van der Waals surface area contributed by atoms with Gasteiger partial charge in [0, 0.05) is 17.0 Å². The Morgan fingerprint density at radius 3 is 2.62 bits per heavy atom. The molecule has 1 saturated carbocycles. The van der Waals surface area contributed by atoms with Gasteiger partial charge in [-0.05, 0) is 36.5 Å². The van der Waals surface area contributed by atoms with Crippen molar-refractivity contribution in [3.05, 3.63) is 59.3 Å². The average Bonchev–Trinajstić information content (AvgIpc) is 3.55. The maximum Gasteiger partial charge on any atom is 0.273 e. The highest BCUT2D eigenvalue weighted by Crippen LogP contribution is 2.26. The lowest BCUT2D eigenvalue weighted by Gasteiger charge is -2.30. The van der Waals surface area contributed by atoms with Gasteiger partial charge in [0.1, 0.15) is 11.8 Å². The minimum atomic E-state index is -0.692. The second kappa shape index (κ2) is 9.18. The minimum Gasteiger partial charge on any atom is -0.496 e. The van der Waals surface area contributed by atoms with Gasteiger partial charge >= 0.3 is 0 Å². The third-order valence-corrected chi connectivity index (χ3v) is 5.94. The van der Waals surface area contributed by atoms with Gasteiger partial charge in [0.2, 0.25) is 5.91 Å². The van der Waals surface area contributed by atoms with Gasteiger partial charge in [-0.1, -0.05) is 45.0 Å². The lowest BCUT2D eigenvalue weighted by molar-refractivity contribution is -0.125. The molecule has 1 atom stereocenters. The van der Waals surface area contributed by atoms with Crippen molar-refractivity contribution in [3.63, 3.8) is 0 Å². The lowest BCUT2D eigenvalue weighted by atomic mass is 9.86. The van der Waals surface area contributed by atoms with Gasteiger partial charge in [0.15, 0.2) is 5.69 Å². The molecule has 0 saturated heterocycles. The Labute approximate surface area is 198 Å². The van der Waals surface area contributed by atoms with Crippen molar-refractivity contribution in [3.8, 4) is 11.8 Å². The van der Waals surface area contributed by atoms with Crippen LogP contribution >= 0.6 is 0 Å².